The van der Waals surface area contributed by atoms with Gasteiger partial charge in [-0.1, -0.05) is 41.9 Å². The second-order valence-corrected chi connectivity index (χ2v) is 7.91. The highest BCUT2D eigenvalue weighted by molar-refractivity contribution is 9.10. The average Bonchev–Trinajstić information content (AvgIpc) is 3.27. The summed E-state index contributed by atoms with van der Waals surface area (Å²) < 4.78 is 1.27. The molecule has 3 heteroatoms. The molecule has 0 amide bonds. The fourth-order valence-corrected chi connectivity index (χ4v) is 3.66. The third-order valence-electron chi connectivity index (χ3n) is 5.10. The Balaban J connectivity index is 1.57. The number of likely N-dealkylation sites (tertiary alicyclic amines) is 1. The molecule has 2 fully saturated rings. The summed E-state index contributed by atoms with van der Waals surface area (Å²) in [7, 11) is 0. The second kappa shape index (κ2) is 6.80. The van der Waals surface area contributed by atoms with Gasteiger partial charge in [0.15, 0.2) is 0 Å². The predicted octanol–water partition coefficient (Wildman–Crippen LogP) is 4.18. The van der Waals surface area contributed by atoms with Gasteiger partial charge in [0.1, 0.15) is 0 Å². The number of rotatable bonds is 5. The molecule has 1 aromatic carbocycles. The number of nitrogens with zero attached hydrogens (tertiary/aromatic N) is 1. The van der Waals surface area contributed by atoms with Crippen molar-refractivity contribution < 1.29 is 0 Å². The molecule has 2 aliphatic rings. The second-order valence-electron chi connectivity index (χ2n) is 7.06. The smallest absolute Gasteiger partial charge is 0.0245 e. The van der Waals surface area contributed by atoms with Gasteiger partial charge in [0.05, 0.1) is 0 Å². The van der Waals surface area contributed by atoms with Crippen molar-refractivity contribution in [3.63, 3.8) is 0 Å². The molecule has 21 heavy (non-hydrogen) atoms. The molecule has 0 radical (unpaired) electrons. The van der Waals surface area contributed by atoms with E-state index in [9.17, 15) is 0 Å². The van der Waals surface area contributed by atoms with Crippen molar-refractivity contribution in [1.82, 2.24) is 10.2 Å². The normalized spacial score (nSPS) is 27.0. The highest BCUT2D eigenvalue weighted by Gasteiger charge is 2.23. The minimum Gasteiger partial charge on any atom is -0.310 e. The summed E-state index contributed by atoms with van der Waals surface area (Å²) in [6.07, 6.45) is 4.04. The van der Waals surface area contributed by atoms with E-state index in [-0.39, 0.29) is 0 Å². The van der Waals surface area contributed by atoms with Crippen LogP contribution in [-0.4, -0.2) is 24.0 Å². The summed E-state index contributed by atoms with van der Waals surface area (Å²) in [6, 6.07) is 7.66. The van der Waals surface area contributed by atoms with E-state index in [0.29, 0.717) is 0 Å². The maximum Gasteiger partial charge on any atom is 0.0245 e. The zero-order valence-electron chi connectivity index (χ0n) is 13.2. The van der Waals surface area contributed by atoms with Gasteiger partial charge in [0.2, 0.25) is 0 Å². The fraction of sp³-hybridized carbons (Fsp3) is 0.667. The number of hydrogen-bond donors (Lipinski definition) is 1. The Morgan fingerprint density at radius 1 is 1.19 bits per heavy atom. The molecule has 1 heterocycles. The molecule has 1 N–H and O–H groups in total. The molecule has 1 saturated heterocycles. The van der Waals surface area contributed by atoms with Crippen LogP contribution < -0.4 is 5.32 Å². The van der Waals surface area contributed by atoms with Crippen molar-refractivity contribution in [1.29, 1.82) is 0 Å². The minimum atomic E-state index is 0.778. The summed E-state index contributed by atoms with van der Waals surface area (Å²) in [5, 5.41) is 3.58. The first-order valence-electron chi connectivity index (χ1n) is 8.35. The van der Waals surface area contributed by atoms with E-state index >= 15 is 0 Å². The first-order valence-corrected chi connectivity index (χ1v) is 9.14. The SMILES string of the molecule is CC1CCN(Cc2ccc(CNC3CC3)cc2Br)CC1C. The minimum absolute atomic E-state index is 0.778. The molecule has 1 aliphatic carbocycles. The Labute approximate surface area is 137 Å². The predicted molar refractivity (Wildman–Crippen MR) is 92.2 cm³/mol. The Kier molecular flexibility index (Phi) is 5.03. The Bertz CT molecular complexity index is 484. The van der Waals surface area contributed by atoms with Gasteiger partial charge in [-0.3, -0.25) is 4.90 Å². The van der Waals surface area contributed by atoms with Gasteiger partial charge in [0.25, 0.3) is 0 Å². The highest BCUT2D eigenvalue weighted by Crippen LogP contribution is 2.26. The largest absolute Gasteiger partial charge is 0.310 e. The van der Waals surface area contributed by atoms with Crippen LogP contribution in [-0.2, 0) is 13.1 Å². The molecule has 2 atom stereocenters. The van der Waals surface area contributed by atoms with E-state index in [1.165, 1.54) is 48.0 Å². The van der Waals surface area contributed by atoms with E-state index in [1.807, 2.05) is 0 Å². The van der Waals surface area contributed by atoms with E-state index in [0.717, 1.165) is 31.0 Å². The summed E-state index contributed by atoms with van der Waals surface area (Å²) in [6.45, 7) is 9.33. The maximum absolute atomic E-state index is 3.77. The topological polar surface area (TPSA) is 15.3 Å². The van der Waals surface area contributed by atoms with Crippen molar-refractivity contribution >= 4 is 15.9 Å². The monoisotopic (exact) mass is 350 g/mol. The van der Waals surface area contributed by atoms with Crippen LogP contribution in [0.25, 0.3) is 0 Å². The van der Waals surface area contributed by atoms with E-state index in [1.54, 1.807) is 0 Å². The molecule has 3 rings (SSSR count). The van der Waals surface area contributed by atoms with Crippen LogP contribution in [0, 0.1) is 11.8 Å². The van der Waals surface area contributed by atoms with Gasteiger partial charge in [-0.05, 0) is 54.8 Å². The first kappa shape index (κ1) is 15.5. The molecule has 116 valence electrons. The molecule has 2 unspecified atom stereocenters. The highest BCUT2D eigenvalue weighted by atomic mass is 79.9. The van der Waals surface area contributed by atoms with Crippen molar-refractivity contribution in [3.05, 3.63) is 33.8 Å². The maximum atomic E-state index is 3.77. The van der Waals surface area contributed by atoms with Crippen LogP contribution in [0.4, 0.5) is 0 Å². The molecular formula is C18H27BrN2. The number of halogens is 1. The van der Waals surface area contributed by atoms with E-state index < -0.39 is 0 Å². The van der Waals surface area contributed by atoms with Crippen LogP contribution in [0.1, 0.15) is 44.2 Å². The molecule has 1 aliphatic heterocycles. The summed E-state index contributed by atoms with van der Waals surface area (Å²) in [5.41, 5.74) is 2.81. The van der Waals surface area contributed by atoms with Gasteiger partial charge in [-0.15, -0.1) is 0 Å². The molecule has 0 aromatic heterocycles. The third kappa shape index (κ3) is 4.30. The van der Waals surface area contributed by atoms with Crippen molar-refractivity contribution in [3.8, 4) is 0 Å². The number of nitrogens with one attached hydrogen (secondary N) is 1. The van der Waals surface area contributed by atoms with Gasteiger partial charge in [-0.2, -0.15) is 0 Å². The molecule has 0 spiro atoms. The van der Waals surface area contributed by atoms with Crippen molar-refractivity contribution in [2.24, 2.45) is 11.8 Å². The fourth-order valence-electron chi connectivity index (χ4n) is 3.11. The summed E-state index contributed by atoms with van der Waals surface area (Å²) in [4.78, 5) is 2.60. The lowest BCUT2D eigenvalue weighted by Crippen LogP contribution is -2.37. The summed E-state index contributed by atoms with van der Waals surface area (Å²) in [5.74, 6) is 1.69. The van der Waals surface area contributed by atoms with Crippen LogP contribution in [0.15, 0.2) is 22.7 Å². The van der Waals surface area contributed by atoms with Crippen LogP contribution in [0.3, 0.4) is 0 Å². The lowest BCUT2D eigenvalue weighted by atomic mass is 9.88. The van der Waals surface area contributed by atoms with Crippen molar-refractivity contribution in [2.45, 2.75) is 52.2 Å². The number of benzene rings is 1. The standard InChI is InChI=1S/C18H27BrN2/c1-13-7-8-21(11-14(13)2)12-16-4-3-15(9-18(16)19)10-20-17-5-6-17/h3-4,9,13-14,17,20H,5-8,10-12H2,1-2H3. The van der Waals surface area contributed by atoms with Gasteiger partial charge < -0.3 is 5.32 Å². The molecule has 2 nitrogen and oxygen atoms in total. The Morgan fingerprint density at radius 3 is 2.67 bits per heavy atom. The third-order valence-corrected chi connectivity index (χ3v) is 5.84. The van der Waals surface area contributed by atoms with Crippen LogP contribution in [0.2, 0.25) is 0 Å². The lowest BCUT2D eigenvalue weighted by Gasteiger charge is -2.35. The van der Waals surface area contributed by atoms with Gasteiger partial charge in [0, 0.05) is 30.1 Å². The van der Waals surface area contributed by atoms with Crippen LogP contribution >= 0.6 is 15.9 Å². The zero-order valence-corrected chi connectivity index (χ0v) is 14.8. The van der Waals surface area contributed by atoms with E-state index in [4.69, 9.17) is 0 Å². The lowest BCUT2D eigenvalue weighted by molar-refractivity contribution is 0.132. The average molecular weight is 351 g/mol. The zero-order chi connectivity index (χ0) is 14.8. The van der Waals surface area contributed by atoms with E-state index in [2.05, 4.69) is 58.2 Å². The Hall–Kier alpha value is -0.380. The molecular weight excluding hydrogens is 324 g/mol. The number of hydrogen-bond acceptors (Lipinski definition) is 2. The molecule has 1 saturated carbocycles. The molecule has 0 bridgehead atoms. The van der Waals surface area contributed by atoms with Crippen molar-refractivity contribution in [2.75, 3.05) is 13.1 Å². The first-order chi connectivity index (χ1) is 10.1. The Morgan fingerprint density at radius 2 is 2.00 bits per heavy atom. The van der Waals surface area contributed by atoms with Gasteiger partial charge >= 0.3 is 0 Å². The van der Waals surface area contributed by atoms with Gasteiger partial charge in [-0.25, -0.2) is 0 Å². The van der Waals surface area contributed by atoms with Crippen LogP contribution in [0.5, 0.6) is 0 Å². The number of piperidine rings is 1. The summed E-state index contributed by atoms with van der Waals surface area (Å²) >= 11 is 3.77. The molecule has 1 aromatic rings. The quantitative estimate of drug-likeness (QED) is 0.856.